The number of rotatable bonds is 6. The average molecular weight is 368 g/mol. The molecule has 1 aromatic carbocycles. The van der Waals surface area contributed by atoms with E-state index in [0.29, 0.717) is 12.2 Å². The van der Waals surface area contributed by atoms with Gasteiger partial charge in [0.25, 0.3) is 0 Å². The lowest BCUT2D eigenvalue weighted by molar-refractivity contribution is -0.145. The van der Waals surface area contributed by atoms with Gasteiger partial charge in [0.2, 0.25) is 12.0 Å². The molecule has 118 valence electrons. The van der Waals surface area contributed by atoms with Crippen LogP contribution in [0, 0.1) is 5.92 Å². The van der Waals surface area contributed by atoms with Crippen LogP contribution in [0.4, 0.5) is 0 Å². The van der Waals surface area contributed by atoms with E-state index in [2.05, 4.69) is 27.3 Å². The molecule has 5 nitrogen and oxygen atoms in total. The van der Waals surface area contributed by atoms with Crippen molar-refractivity contribution < 1.29 is 19.4 Å². The van der Waals surface area contributed by atoms with E-state index >= 15 is 0 Å². The minimum Gasteiger partial charge on any atom is -0.478 e. The van der Waals surface area contributed by atoms with Gasteiger partial charge in [-0.2, -0.15) is 0 Å². The lowest BCUT2D eigenvalue weighted by atomic mass is 9.94. The SMILES string of the molecule is O=C(NCC(Oc1ccc(Br)cc1)C(=O)O)C1CC=CCC1. The van der Waals surface area contributed by atoms with Crippen LogP contribution < -0.4 is 10.1 Å². The van der Waals surface area contributed by atoms with E-state index in [9.17, 15) is 14.7 Å². The minimum absolute atomic E-state index is 0.0511. The van der Waals surface area contributed by atoms with Gasteiger partial charge in [-0.05, 0) is 43.5 Å². The Kier molecular flexibility index (Phi) is 6.00. The molecular formula is C16H18BrNO4. The van der Waals surface area contributed by atoms with Gasteiger partial charge in [0.05, 0.1) is 6.54 Å². The summed E-state index contributed by atoms with van der Waals surface area (Å²) in [6, 6.07) is 6.88. The Morgan fingerprint density at radius 2 is 2.05 bits per heavy atom. The molecule has 0 aliphatic heterocycles. The van der Waals surface area contributed by atoms with E-state index < -0.39 is 12.1 Å². The van der Waals surface area contributed by atoms with E-state index in [-0.39, 0.29) is 18.4 Å². The number of amides is 1. The maximum atomic E-state index is 12.0. The van der Waals surface area contributed by atoms with Gasteiger partial charge in [0.1, 0.15) is 5.75 Å². The van der Waals surface area contributed by atoms with E-state index in [1.165, 1.54) is 0 Å². The van der Waals surface area contributed by atoms with Gasteiger partial charge in [-0.1, -0.05) is 28.1 Å². The summed E-state index contributed by atoms with van der Waals surface area (Å²) in [5, 5.41) is 11.9. The maximum absolute atomic E-state index is 12.0. The number of carbonyl (C=O) groups excluding carboxylic acids is 1. The number of ether oxygens (including phenoxy) is 1. The smallest absolute Gasteiger partial charge is 0.346 e. The topological polar surface area (TPSA) is 75.6 Å². The highest BCUT2D eigenvalue weighted by Gasteiger charge is 2.23. The van der Waals surface area contributed by atoms with Crippen LogP contribution in [-0.4, -0.2) is 29.6 Å². The molecule has 0 saturated heterocycles. The third-order valence-corrected chi connectivity index (χ3v) is 4.00. The first kappa shape index (κ1) is 16.5. The third kappa shape index (κ3) is 4.87. The van der Waals surface area contributed by atoms with Crippen LogP contribution in [0.1, 0.15) is 19.3 Å². The molecule has 1 aliphatic carbocycles. The quantitative estimate of drug-likeness (QED) is 0.758. The van der Waals surface area contributed by atoms with Gasteiger partial charge in [0, 0.05) is 10.4 Å². The summed E-state index contributed by atoms with van der Waals surface area (Å²) in [5.41, 5.74) is 0. The molecular weight excluding hydrogens is 350 g/mol. The van der Waals surface area contributed by atoms with Gasteiger partial charge >= 0.3 is 5.97 Å². The lowest BCUT2D eigenvalue weighted by Crippen LogP contribution is -2.42. The van der Waals surface area contributed by atoms with Crippen LogP contribution in [-0.2, 0) is 9.59 Å². The Labute approximate surface area is 137 Å². The molecule has 0 bridgehead atoms. The number of nitrogens with one attached hydrogen (secondary N) is 1. The van der Waals surface area contributed by atoms with Crippen molar-refractivity contribution in [3.63, 3.8) is 0 Å². The van der Waals surface area contributed by atoms with Crippen molar-refractivity contribution in [3.8, 4) is 5.75 Å². The standard InChI is InChI=1S/C16H18BrNO4/c17-12-6-8-13(9-7-12)22-14(16(20)21)10-18-15(19)11-4-2-1-3-5-11/h1-2,6-9,11,14H,3-5,10H2,(H,18,19)(H,20,21). The largest absolute Gasteiger partial charge is 0.478 e. The zero-order valence-corrected chi connectivity index (χ0v) is 13.6. The Hall–Kier alpha value is -1.82. The van der Waals surface area contributed by atoms with Gasteiger partial charge in [0.15, 0.2) is 0 Å². The Morgan fingerprint density at radius 1 is 1.32 bits per heavy atom. The number of carboxylic acid groups (broad SMARTS) is 1. The fourth-order valence-electron chi connectivity index (χ4n) is 2.23. The van der Waals surface area contributed by atoms with Crippen molar-refractivity contribution in [1.82, 2.24) is 5.32 Å². The van der Waals surface area contributed by atoms with E-state index in [1.807, 2.05) is 6.08 Å². The average Bonchev–Trinajstić information content (AvgIpc) is 2.53. The Morgan fingerprint density at radius 3 is 2.64 bits per heavy atom. The predicted molar refractivity (Wildman–Crippen MR) is 85.7 cm³/mol. The first-order valence-corrected chi connectivity index (χ1v) is 7.93. The number of hydrogen-bond donors (Lipinski definition) is 2. The van der Waals surface area contributed by atoms with Crippen LogP contribution >= 0.6 is 15.9 Å². The number of carboxylic acids is 1. The highest BCUT2D eigenvalue weighted by atomic mass is 79.9. The van der Waals surface area contributed by atoms with Crippen molar-refractivity contribution >= 4 is 27.8 Å². The number of allylic oxidation sites excluding steroid dienone is 2. The van der Waals surface area contributed by atoms with Crippen molar-refractivity contribution in [1.29, 1.82) is 0 Å². The number of hydrogen-bond acceptors (Lipinski definition) is 3. The second-order valence-corrected chi connectivity index (χ2v) is 6.04. The molecule has 0 saturated carbocycles. The molecule has 2 atom stereocenters. The molecule has 1 aromatic rings. The second-order valence-electron chi connectivity index (χ2n) is 5.13. The van der Waals surface area contributed by atoms with E-state index in [0.717, 1.165) is 17.3 Å². The van der Waals surface area contributed by atoms with E-state index in [1.54, 1.807) is 24.3 Å². The number of carbonyl (C=O) groups is 2. The third-order valence-electron chi connectivity index (χ3n) is 3.47. The molecule has 0 fully saturated rings. The van der Waals surface area contributed by atoms with Gasteiger partial charge < -0.3 is 15.2 Å². The zero-order valence-electron chi connectivity index (χ0n) is 12.0. The van der Waals surface area contributed by atoms with Crippen LogP contribution in [0.2, 0.25) is 0 Å². The number of aliphatic carboxylic acids is 1. The molecule has 2 rings (SSSR count). The normalized spacial score (nSPS) is 18.5. The molecule has 22 heavy (non-hydrogen) atoms. The summed E-state index contributed by atoms with van der Waals surface area (Å²) < 4.78 is 6.30. The molecule has 6 heteroatoms. The first-order chi connectivity index (χ1) is 10.6. The summed E-state index contributed by atoms with van der Waals surface area (Å²) in [7, 11) is 0. The van der Waals surface area contributed by atoms with Gasteiger partial charge in [-0.15, -0.1) is 0 Å². The fraction of sp³-hybridized carbons (Fsp3) is 0.375. The van der Waals surface area contributed by atoms with Gasteiger partial charge in [-0.3, -0.25) is 4.79 Å². The molecule has 2 unspecified atom stereocenters. The predicted octanol–water partition coefficient (Wildman–Crippen LogP) is 2.75. The molecule has 0 heterocycles. The van der Waals surface area contributed by atoms with Crippen molar-refractivity contribution in [3.05, 3.63) is 40.9 Å². The van der Waals surface area contributed by atoms with E-state index in [4.69, 9.17) is 4.74 Å². The highest BCUT2D eigenvalue weighted by Crippen LogP contribution is 2.19. The number of halogens is 1. The highest BCUT2D eigenvalue weighted by molar-refractivity contribution is 9.10. The van der Waals surface area contributed by atoms with Crippen LogP contribution in [0.3, 0.4) is 0 Å². The number of benzene rings is 1. The molecule has 0 spiro atoms. The Balaban J connectivity index is 1.88. The van der Waals surface area contributed by atoms with Crippen LogP contribution in [0.5, 0.6) is 5.75 Å². The zero-order chi connectivity index (χ0) is 15.9. The monoisotopic (exact) mass is 367 g/mol. The molecule has 0 aromatic heterocycles. The minimum atomic E-state index is -1.11. The second kappa shape index (κ2) is 7.98. The van der Waals surface area contributed by atoms with Gasteiger partial charge in [-0.25, -0.2) is 4.79 Å². The molecule has 1 amide bonds. The fourth-order valence-corrected chi connectivity index (χ4v) is 2.49. The van der Waals surface area contributed by atoms with Crippen molar-refractivity contribution in [2.24, 2.45) is 5.92 Å². The van der Waals surface area contributed by atoms with Crippen molar-refractivity contribution in [2.75, 3.05) is 6.54 Å². The summed E-state index contributed by atoms with van der Waals surface area (Å²) in [6.07, 6.45) is 5.33. The molecule has 1 aliphatic rings. The summed E-state index contributed by atoms with van der Waals surface area (Å²) in [5.74, 6) is -0.848. The molecule has 2 N–H and O–H groups in total. The lowest BCUT2D eigenvalue weighted by Gasteiger charge is -2.20. The van der Waals surface area contributed by atoms with Crippen LogP contribution in [0.15, 0.2) is 40.9 Å². The van der Waals surface area contributed by atoms with Crippen LogP contribution in [0.25, 0.3) is 0 Å². The summed E-state index contributed by atoms with van der Waals surface area (Å²) in [6.45, 7) is -0.0511. The molecule has 0 radical (unpaired) electrons. The summed E-state index contributed by atoms with van der Waals surface area (Å²) in [4.78, 5) is 23.3. The maximum Gasteiger partial charge on any atom is 0.346 e. The Bertz CT molecular complexity index is 556. The summed E-state index contributed by atoms with van der Waals surface area (Å²) >= 11 is 3.30. The van der Waals surface area contributed by atoms with Crippen molar-refractivity contribution in [2.45, 2.75) is 25.4 Å². The first-order valence-electron chi connectivity index (χ1n) is 7.14.